The smallest absolute Gasteiger partial charge is 0.340 e. The van der Waals surface area contributed by atoms with Crippen LogP contribution in [-0.4, -0.2) is 39.8 Å². The molecule has 3 N–H and O–H groups in total. The summed E-state index contributed by atoms with van der Waals surface area (Å²) in [7, 11) is 0. The van der Waals surface area contributed by atoms with E-state index >= 15 is 0 Å². The summed E-state index contributed by atoms with van der Waals surface area (Å²) in [5.41, 5.74) is 0.886. The van der Waals surface area contributed by atoms with Crippen molar-refractivity contribution in [3.63, 3.8) is 0 Å². The Morgan fingerprint density at radius 2 is 1.78 bits per heavy atom. The van der Waals surface area contributed by atoms with Crippen molar-refractivity contribution in [3.8, 4) is 11.5 Å². The first-order chi connectivity index (χ1) is 12.9. The second-order valence-electron chi connectivity index (χ2n) is 6.42. The second kappa shape index (κ2) is 9.94. The van der Waals surface area contributed by atoms with E-state index in [1.807, 2.05) is 6.92 Å². The minimum atomic E-state index is -1.14. The highest BCUT2D eigenvalue weighted by Crippen LogP contribution is 2.30. The molecular weight excluding hydrogens is 348 g/mol. The summed E-state index contributed by atoms with van der Waals surface area (Å²) in [6, 6.07) is 13.2. The van der Waals surface area contributed by atoms with Crippen LogP contribution in [-0.2, 0) is 15.9 Å². The molecule has 0 radical (unpaired) electrons. The lowest BCUT2D eigenvalue weighted by molar-refractivity contribution is -0.186. The van der Waals surface area contributed by atoms with E-state index in [0.29, 0.717) is 24.0 Å². The molecule has 0 spiro atoms. The maximum absolute atomic E-state index is 12.3. The number of ether oxygens (including phenoxy) is 2. The quantitative estimate of drug-likeness (QED) is 0.354. The number of benzene rings is 2. The van der Waals surface area contributed by atoms with Gasteiger partial charge in [0.2, 0.25) is 6.29 Å². The molecule has 3 unspecified atom stereocenters. The monoisotopic (exact) mass is 374 g/mol. The second-order valence-corrected chi connectivity index (χ2v) is 6.42. The van der Waals surface area contributed by atoms with Crippen molar-refractivity contribution >= 4 is 5.97 Å². The highest BCUT2D eigenvalue weighted by molar-refractivity contribution is 5.89. The molecule has 0 aromatic heterocycles. The molecular formula is C21H26O6. The molecule has 0 bridgehead atoms. The highest BCUT2D eigenvalue weighted by atomic mass is 16.7. The highest BCUT2D eigenvalue weighted by Gasteiger charge is 2.26. The van der Waals surface area contributed by atoms with E-state index in [-0.39, 0.29) is 11.5 Å². The first-order valence-corrected chi connectivity index (χ1v) is 9.01. The van der Waals surface area contributed by atoms with Crippen LogP contribution in [0.15, 0.2) is 48.5 Å². The van der Waals surface area contributed by atoms with Crippen LogP contribution in [0.3, 0.4) is 0 Å². The molecule has 146 valence electrons. The van der Waals surface area contributed by atoms with E-state index < -0.39 is 24.5 Å². The van der Waals surface area contributed by atoms with Gasteiger partial charge in [0.15, 0.2) is 11.5 Å². The van der Waals surface area contributed by atoms with Crippen molar-refractivity contribution in [2.45, 2.75) is 51.6 Å². The minimum Gasteiger partial charge on any atom is -0.504 e. The van der Waals surface area contributed by atoms with Gasteiger partial charge in [0, 0.05) is 12.0 Å². The van der Waals surface area contributed by atoms with Crippen molar-refractivity contribution < 1.29 is 29.6 Å². The molecule has 0 amide bonds. The number of phenols is 2. The molecule has 0 saturated heterocycles. The van der Waals surface area contributed by atoms with Gasteiger partial charge in [-0.2, -0.15) is 0 Å². The van der Waals surface area contributed by atoms with Crippen LogP contribution in [0.1, 0.15) is 42.6 Å². The molecule has 0 aliphatic carbocycles. The fourth-order valence-electron chi connectivity index (χ4n) is 2.71. The lowest BCUT2D eigenvalue weighted by Gasteiger charge is -2.27. The number of phenolic OH excluding ortho intramolecular Hbond substituents is 2. The Hall–Kier alpha value is -2.57. The molecule has 0 fully saturated rings. The number of rotatable bonds is 9. The number of hydrogen-bond acceptors (Lipinski definition) is 6. The lowest BCUT2D eigenvalue weighted by atomic mass is 10.0. The molecule has 27 heavy (non-hydrogen) atoms. The summed E-state index contributed by atoms with van der Waals surface area (Å²) in [4.78, 5) is 12.3. The fraction of sp³-hybridized carbons (Fsp3) is 0.381. The first kappa shape index (κ1) is 20.7. The maximum Gasteiger partial charge on any atom is 0.340 e. The molecule has 0 saturated carbocycles. The van der Waals surface area contributed by atoms with Crippen molar-refractivity contribution in [3.05, 3.63) is 59.7 Å². The van der Waals surface area contributed by atoms with Gasteiger partial charge in [-0.25, -0.2) is 4.79 Å². The lowest BCUT2D eigenvalue weighted by Crippen LogP contribution is -2.36. The van der Waals surface area contributed by atoms with Gasteiger partial charge in [-0.15, -0.1) is 0 Å². The van der Waals surface area contributed by atoms with E-state index in [9.17, 15) is 20.1 Å². The number of aliphatic hydroxyl groups is 1. The Balaban J connectivity index is 2.10. The van der Waals surface area contributed by atoms with Crippen molar-refractivity contribution in [2.75, 3.05) is 0 Å². The number of hydrogen-bond donors (Lipinski definition) is 3. The Kier molecular flexibility index (Phi) is 7.64. The molecule has 0 heterocycles. The van der Waals surface area contributed by atoms with Crippen LogP contribution in [0.5, 0.6) is 11.5 Å². The summed E-state index contributed by atoms with van der Waals surface area (Å²) in [5.74, 6) is -0.987. The normalized spacial score (nSPS) is 14.3. The standard InChI is InChI=1S/C21H26O6/c1-3-8-17(13-16-11-7-12-18(23)19(16)24)26-21(14(2)22)27-20(25)15-9-5-4-6-10-15/h4-7,9-12,14,17,21-24H,3,8,13H2,1-2H3. The predicted molar refractivity (Wildman–Crippen MR) is 101 cm³/mol. The summed E-state index contributed by atoms with van der Waals surface area (Å²) < 4.78 is 11.2. The SMILES string of the molecule is CCCC(Cc1cccc(O)c1O)OC(OC(=O)c1ccccc1)C(C)O. The van der Waals surface area contributed by atoms with E-state index in [4.69, 9.17) is 9.47 Å². The zero-order chi connectivity index (χ0) is 19.8. The third-order valence-electron chi connectivity index (χ3n) is 4.11. The van der Waals surface area contributed by atoms with Crippen LogP contribution >= 0.6 is 0 Å². The fourth-order valence-corrected chi connectivity index (χ4v) is 2.71. The van der Waals surface area contributed by atoms with E-state index in [0.717, 1.165) is 6.42 Å². The third-order valence-corrected chi connectivity index (χ3v) is 4.11. The van der Waals surface area contributed by atoms with Crippen LogP contribution < -0.4 is 0 Å². The molecule has 0 aliphatic rings. The largest absolute Gasteiger partial charge is 0.504 e. The van der Waals surface area contributed by atoms with E-state index in [2.05, 4.69) is 0 Å². The molecule has 2 rings (SSSR count). The van der Waals surface area contributed by atoms with Gasteiger partial charge in [-0.05, 0) is 31.5 Å². The molecule has 2 aromatic rings. The van der Waals surface area contributed by atoms with Crippen LogP contribution in [0, 0.1) is 0 Å². The van der Waals surface area contributed by atoms with Crippen molar-refractivity contribution in [2.24, 2.45) is 0 Å². The van der Waals surface area contributed by atoms with Gasteiger partial charge in [-0.3, -0.25) is 0 Å². The van der Waals surface area contributed by atoms with Crippen LogP contribution in [0.4, 0.5) is 0 Å². The summed E-state index contributed by atoms with van der Waals surface area (Å²) in [6.07, 6.45) is -0.862. The number of aliphatic hydroxyl groups excluding tert-OH is 1. The molecule has 0 aliphatic heterocycles. The zero-order valence-electron chi connectivity index (χ0n) is 15.5. The number of aromatic hydroxyl groups is 2. The van der Waals surface area contributed by atoms with Crippen LogP contribution in [0.2, 0.25) is 0 Å². The number of esters is 1. The maximum atomic E-state index is 12.3. The molecule has 2 aromatic carbocycles. The van der Waals surface area contributed by atoms with Crippen molar-refractivity contribution in [1.29, 1.82) is 0 Å². The predicted octanol–water partition coefficient (Wildman–Crippen LogP) is 3.39. The zero-order valence-corrected chi connectivity index (χ0v) is 15.5. The van der Waals surface area contributed by atoms with Crippen LogP contribution in [0.25, 0.3) is 0 Å². The van der Waals surface area contributed by atoms with Crippen molar-refractivity contribution in [1.82, 2.24) is 0 Å². The molecule has 6 heteroatoms. The summed E-state index contributed by atoms with van der Waals surface area (Å²) >= 11 is 0. The number of para-hydroxylation sites is 1. The topological polar surface area (TPSA) is 96.2 Å². The average Bonchev–Trinajstić information content (AvgIpc) is 2.65. The summed E-state index contributed by atoms with van der Waals surface area (Å²) in [5, 5.41) is 29.7. The Morgan fingerprint density at radius 1 is 1.07 bits per heavy atom. The van der Waals surface area contributed by atoms with Gasteiger partial charge in [-0.1, -0.05) is 43.7 Å². The average molecular weight is 374 g/mol. The van der Waals surface area contributed by atoms with E-state index in [1.165, 1.54) is 13.0 Å². The minimum absolute atomic E-state index is 0.197. The number of carbonyl (C=O) groups is 1. The summed E-state index contributed by atoms with van der Waals surface area (Å²) in [6.45, 7) is 3.46. The van der Waals surface area contributed by atoms with Gasteiger partial charge in [0.05, 0.1) is 11.7 Å². The molecule has 3 atom stereocenters. The van der Waals surface area contributed by atoms with Gasteiger partial charge in [0.25, 0.3) is 0 Å². The van der Waals surface area contributed by atoms with Gasteiger partial charge < -0.3 is 24.8 Å². The van der Waals surface area contributed by atoms with E-state index in [1.54, 1.807) is 42.5 Å². The Morgan fingerprint density at radius 3 is 2.41 bits per heavy atom. The Bertz CT molecular complexity index is 729. The third kappa shape index (κ3) is 5.98. The first-order valence-electron chi connectivity index (χ1n) is 9.01. The van der Waals surface area contributed by atoms with Gasteiger partial charge in [0.1, 0.15) is 6.10 Å². The number of carbonyl (C=O) groups excluding carboxylic acids is 1. The molecule has 6 nitrogen and oxygen atoms in total. The van der Waals surface area contributed by atoms with Gasteiger partial charge >= 0.3 is 5.97 Å². The Labute approximate surface area is 159 Å².